The van der Waals surface area contributed by atoms with E-state index in [1.165, 1.54) is 0 Å². The molecular weight excluding hydrogens is 368 g/mol. The van der Waals surface area contributed by atoms with Gasteiger partial charge < -0.3 is 19.5 Å². The summed E-state index contributed by atoms with van der Waals surface area (Å²) >= 11 is 0. The highest BCUT2D eigenvalue weighted by Gasteiger charge is 2.31. The van der Waals surface area contributed by atoms with E-state index in [0.29, 0.717) is 19.6 Å². The zero-order chi connectivity index (χ0) is 20.6. The Bertz CT molecular complexity index is 1010. The van der Waals surface area contributed by atoms with Crippen LogP contribution in [0.15, 0.2) is 37.1 Å². The Labute approximate surface area is 169 Å². The number of piperazine rings is 1. The van der Waals surface area contributed by atoms with Crippen molar-refractivity contribution in [3.63, 3.8) is 0 Å². The predicted molar refractivity (Wildman–Crippen MR) is 112 cm³/mol. The third-order valence-corrected chi connectivity index (χ3v) is 4.97. The first-order valence-corrected chi connectivity index (χ1v) is 9.80. The van der Waals surface area contributed by atoms with E-state index in [1.807, 2.05) is 45.3 Å². The van der Waals surface area contributed by atoms with Crippen molar-refractivity contribution in [3.8, 4) is 11.1 Å². The highest BCUT2D eigenvalue weighted by atomic mass is 16.6. The van der Waals surface area contributed by atoms with Crippen LogP contribution in [0.25, 0.3) is 22.2 Å². The van der Waals surface area contributed by atoms with Gasteiger partial charge in [0.15, 0.2) is 0 Å². The lowest BCUT2D eigenvalue weighted by Crippen LogP contribution is -2.54. The van der Waals surface area contributed by atoms with Crippen LogP contribution in [-0.4, -0.2) is 62.2 Å². The molecular formula is C21H26N6O2. The molecule has 0 aromatic carbocycles. The van der Waals surface area contributed by atoms with Gasteiger partial charge in [-0.25, -0.2) is 14.8 Å². The molecule has 4 heterocycles. The number of carbonyl (C=O) groups is 1. The highest BCUT2D eigenvalue weighted by molar-refractivity contribution is 6.01. The molecule has 29 heavy (non-hydrogen) atoms. The molecule has 1 saturated heterocycles. The van der Waals surface area contributed by atoms with Gasteiger partial charge in [-0.1, -0.05) is 6.07 Å². The average Bonchev–Trinajstić information content (AvgIpc) is 3.12. The monoisotopic (exact) mass is 394 g/mol. The van der Waals surface area contributed by atoms with Gasteiger partial charge in [0.2, 0.25) is 0 Å². The SMILES string of the molecule is C[C@H]1CN(C(=O)OC(C)(C)C)CCN1c1ncnc2[nH]cc(-c3cccnc3)c12. The first kappa shape index (κ1) is 19.2. The molecule has 1 fully saturated rings. The first-order chi connectivity index (χ1) is 13.8. The van der Waals surface area contributed by atoms with Gasteiger partial charge in [-0.15, -0.1) is 0 Å². The first-order valence-electron chi connectivity index (χ1n) is 9.80. The third-order valence-electron chi connectivity index (χ3n) is 4.97. The van der Waals surface area contributed by atoms with Crippen LogP contribution in [0.3, 0.4) is 0 Å². The number of carbonyl (C=O) groups excluding carboxylic acids is 1. The normalized spacial score (nSPS) is 17.6. The minimum atomic E-state index is -0.500. The van der Waals surface area contributed by atoms with Gasteiger partial charge in [-0.05, 0) is 33.8 Å². The van der Waals surface area contributed by atoms with Gasteiger partial charge in [-0.2, -0.15) is 0 Å². The molecule has 0 unspecified atom stereocenters. The molecule has 0 spiro atoms. The molecule has 1 aliphatic heterocycles. The number of ether oxygens (including phenoxy) is 1. The highest BCUT2D eigenvalue weighted by Crippen LogP contribution is 2.34. The van der Waals surface area contributed by atoms with E-state index in [0.717, 1.165) is 28.0 Å². The largest absolute Gasteiger partial charge is 0.444 e. The maximum absolute atomic E-state index is 12.5. The number of nitrogens with zero attached hydrogens (tertiary/aromatic N) is 5. The molecule has 3 aromatic rings. The number of hydrogen-bond acceptors (Lipinski definition) is 6. The molecule has 0 bridgehead atoms. The zero-order valence-corrected chi connectivity index (χ0v) is 17.2. The van der Waals surface area contributed by atoms with Crippen LogP contribution in [0.1, 0.15) is 27.7 Å². The number of aromatic amines is 1. The van der Waals surface area contributed by atoms with Crippen LogP contribution >= 0.6 is 0 Å². The Balaban J connectivity index is 1.63. The van der Waals surface area contributed by atoms with Crippen molar-refractivity contribution < 1.29 is 9.53 Å². The Morgan fingerprint density at radius 3 is 2.79 bits per heavy atom. The predicted octanol–water partition coefficient (Wildman–Crippen LogP) is 3.47. The molecule has 1 aliphatic rings. The van der Waals surface area contributed by atoms with Crippen molar-refractivity contribution in [2.45, 2.75) is 39.3 Å². The van der Waals surface area contributed by atoms with Crippen molar-refractivity contribution in [2.75, 3.05) is 24.5 Å². The summed E-state index contributed by atoms with van der Waals surface area (Å²) in [5.74, 6) is 0.867. The number of H-pyrrole nitrogens is 1. The van der Waals surface area contributed by atoms with Gasteiger partial charge in [0, 0.05) is 55.4 Å². The van der Waals surface area contributed by atoms with Gasteiger partial charge in [-0.3, -0.25) is 4.98 Å². The lowest BCUT2D eigenvalue weighted by Gasteiger charge is -2.41. The zero-order valence-electron chi connectivity index (χ0n) is 17.2. The van der Waals surface area contributed by atoms with Gasteiger partial charge >= 0.3 is 6.09 Å². The lowest BCUT2D eigenvalue weighted by molar-refractivity contribution is 0.0218. The molecule has 8 nitrogen and oxygen atoms in total. The van der Waals surface area contributed by atoms with E-state index in [4.69, 9.17) is 4.74 Å². The summed E-state index contributed by atoms with van der Waals surface area (Å²) in [6.07, 6.45) is 6.85. The lowest BCUT2D eigenvalue weighted by atomic mass is 10.1. The Morgan fingerprint density at radius 1 is 1.28 bits per heavy atom. The molecule has 152 valence electrons. The minimum absolute atomic E-state index is 0.0889. The maximum Gasteiger partial charge on any atom is 0.410 e. The second kappa shape index (κ2) is 7.35. The Hall–Kier alpha value is -3.16. The Kier molecular flexibility index (Phi) is 4.86. The molecule has 1 amide bonds. The van der Waals surface area contributed by atoms with E-state index in [-0.39, 0.29) is 12.1 Å². The van der Waals surface area contributed by atoms with Crippen LogP contribution in [0, 0.1) is 0 Å². The van der Waals surface area contributed by atoms with Gasteiger partial charge in [0.25, 0.3) is 0 Å². The van der Waals surface area contributed by atoms with Crippen molar-refractivity contribution in [2.24, 2.45) is 0 Å². The average molecular weight is 394 g/mol. The summed E-state index contributed by atoms with van der Waals surface area (Å²) in [4.78, 5) is 32.9. The molecule has 4 rings (SSSR count). The van der Waals surface area contributed by atoms with E-state index in [2.05, 4.69) is 31.8 Å². The second-order valence-corrected chi connectivity index (χ2v) is 8.33. The van der Waals surface area contributed by atoms with E-state index < -0.39 is 5.60 Å². The number of amides is 1. The van der Waals surface area contributed by atoms with Crippen LogP contribution in [-0.2, 0) is 4.74 Å². The number of rotatable bonds is 2. The summed E-state index contributed by atoms with van der Waals surface area (Å²) in [5, 5.41) is 0.970. The topological polar surface area (TPSA) is 87.2 Å². The second-order valence-electron chi connectivity index (χ2n) is 8.33. The van der Waals surface area contributed by atoms with E-state index in [1.54, 1.807) is 17.4 Å². The van der Waals surface area contributed by atoms with Crippen LogP contribution in [0.2, 0.25) is 0 Å². The smallest absolute Gasteiger partial charge is 0.410 e. The molecule has 0 saturated carbocycles. The summed E-state index contributed by atoms with van der Waals surface area (Å²) in [6.45, 7) is 9.58. The fraction of sp³-hybridized carbons (Fsp3) is 0.429. The van der Waals surface area contributed by atoms with E-state index >= 15 is 0 Å². The third kappa shape index (κ3) is 3.87. The maximum atomic E-state index is 12.5. The number of pyridine rings is 1. The number of nitrogens with one attached hydrogen (secondary N) is 1. The van der Waals surface area contributed by atoms with Crippen molar-refractivity contribution in [3.05, 3.63) is 37.1 Å². The number of hydrogen-bond donors (Lipinski definition) is 1. The van der Waals surface area contributed by atoms with Crippen molar-refractivity contribution in [1.29, 1.82) is 0 Å². The minimum Gasteiger partial charge on any atom is -0.444 e. The van der Waals surface area contributed by atoms with Crippen LogP contribution in [0.5, 0.6) is 0 Å². The van der Waals surface area contributed by atoms with Crippen molar-refractivity contribution in [1.82, 2.24) is 24.8 Å². The summed E-state index contributed by atoms with van der Waals surface area (Å²) in [6, 6.07) is 4.03. The van der Waals surface area contributed by atoms with E-state index in [9.17, 15) is 4.79 Å². The molecule has 8 heteroatoms. The number of fused-ring (bicyclic) bond motifs is 1. The van der Waals surface area contributed by atoms with Gasteiger partial charge in [0.05, 0.1) is 5.39 Å². The fourth-order valence-corrected chi connectivity index (χ4v) is 3.68. The number of aromatic nitrogens is 4. The van der Waals surface area contributed by atoms with Crippen LogP contribution in [0.4, 0.5) is 10.6 Å². The quantitative estimate of drug-likeness (QED) is 0.716. The molecule has 1 N–H and O–H groups in total. The summed E-state index contributed by atoms with van der Waals surface area (Å²) in [5.41, 5.74) is 2.32. The van der Waals surface area contributed by atoms with Gasteiger partial charge in [0.1, 0.15) is 23.4 Å². The number of anilines is 1. The fourth-order valence-electron chi connectivity index (χ4n) is 3.68. The molecule has 1 atom stereocenters. The summed E-state index contributed by atoms with van der Waals surface area (Å²) in [7, 11) is 0. The standard InChI is InChI=1S/C21H26N6O2/c1-14-12-26(20(28)29-21(2,3)4)8-9-27(14)19-17-16(15-6-5-7-22-10-15)11-23-18(17)24-13-25-19/h5-7,10-11,13-14H,8-9,12H2,1-4H3,(H,23,24,25)/t14-/m0/s1. The molecule has 0 radical (unpaired) electrons. The molecule has 0 aliphatic carbocycles. The Morgan fingerprint density at radius 2 is 2.10 bits per heavy atom. The summed E-state index contributed by atoms with van der Waals surface area (Å²) < 4.78 is 5.53. The van der Waals surface area contributed by atoms with Crippen LogP contribution < -0.4 is 4.90 Å². The van der Waals surface area contributed by atoms with Crippen molar-refractivity contribution >= 4 is 22.9 Å². The molecule has 3 aromatic heterocycles.